The molecule has 0 spiro atoms. The summed E-state index contributed by atoms with van der Waals surface area (Å²) in [5.74, 6) is -0.00661. The molecule has 0 atom stereocenters. The number of hydrogen-bond donors (Lipinski definition) is 2. The first-order valence-corrected chi connectivity index (χ1v) is 8.87. The van der Waals surface area contributed by atoms with Gasteiger partial charge in [-0.1, -0.05) is 31.7 Å². The lowest BCUT2D eigenvalue weighted by atomic mass is 9.99. The third-order valence-corrected chi connectivity index (χ3v) is 5.04. The molecule has 0 unspecified atom stereocenters. The van der Waals surface area contributed by atoms with Crippen LogP contribution in [0.25, 0.3) is 0 Å². The average Bonchev–Trinajstić information content (AvgIpc) is 2.68. The molecule has 1 aliphatic carbocycles. The summed E-state index contributed by atoms with van der Waals surface area (Å²) < 4.78 is 23.0. The number of nitrogens with one attached hydrogen (secondary N) is 1. The Kier molecular flexibility index (Phi) is 5.00. The molecule has 0 saturated heterocycles. The van der Waals surface area contributed by atoms with Gasteiger partial charge in [0.2, 0.25) is 15.9 Å². The van der Waals surface area contributed by atoms with Gasteiger partial charge >= 0.3 is 0 Å². The summed E-state index contributed by atoms with van der Waals surface area (Å²) in [5.41, 5.74) is 1.06. The Morgan fingerprint density at radius 2 is 1.81 bits per heavy atom. The molecule has 1 aromatic carbocycles. The molecule has 6 heteroatoms. The van der Waals surface area contributed by atoms with Crippen molar-refractivity contribution in [2.75, 3.05) is 5.32 Å². The SMILES string of the molecule is Cc1ccc(NC(=O)C2CCCCCC2)cc1S(N)(=O)=O. The highest BCUT2D eigenvalue weighted by Gasteiger charge is 2.21. The van der Waals surface area contributed by atoms with Gasteiger partial charge in [-0.3, -0.25) is 4.79 Å². The summed E-state index contributed by atoms with van der Waals surface area (Å²) in [6.45, 7) is 1.68. The number of primary sulfonamides is 1. The van der Waals surface area contributed by atoms with Gasteiger partial charge in [0.25, 0.3) is 0 Å². The van der Waals surface area contributed by atoms with E-state index in [0.717, 1.165) is 25.7 Å². The fraction of sp³-hybridized carbons (Fsp3) is 0.533. The topological polar surface area (TPSA) is 89.3 Å². The summed E-state index contributed by atoms with van der Waals surface area (Å²) in [5, 5.41) is 8.00. The van der Waals surface area contributed by atoms with Crippen LogP contribution in [0.3, 0.4) is 0 Å². The van der Waals surface area contributed by atoms with E-state index in [-0.39, 0.29) is 16.7 Å². The molecule has 0 aliphatic heterocycles. The van der Waals surface area contributed by atoms with Crippen LogP contribution in [0, 0.1) is 12.8 Å². The molecule has 5 nitrogen and oxygen atoms in total. The quantitative estimate of drug-likeness (QED) is 0.841. The molecule has 0 aromatic heterocycles. The van der Waals surface area contributed by atoms with E-state index in [9.17, 15) is 13.2 Å². The highest BCUT2D eigenvalue weighted by molar-refractivity contribution is 7.89. The van der Waals surface area contributed by atoms with Crippen LogP contribution in [0.5, 0.6) is 0 Å². The predicted molar refractivity (Wildman–Crippen MR) is 82.4 cm³/mol. The molecule has 2 rings (SSSR count). The van der Waals surface area contributed by atoms with Gasteiger partial charge in [-0.25, -0.2) is 13.6 Å². The number of aryl methyl sites for hydroxylation is 1. The summed E-state index contributed by atoms with van der Waals surface area (Å²) >= 11 is 0. The number of nitrogens with two attached hydrogens (primary N) is 1. The number of sulfonamides is 1. The molecule has 3 N–H and O–H groups in total. The molecule has 1 aliphatic rings. The summed E-state index contributed by atoms with van der Waals surface area (Å²) in [6, 6.07) is 4.79. The van der Waals surface area contributed by atoms with Crippen LogP contribution in [-0.2, 0) is 14.8 Å². The monoisotopic (exact) mass is 310 g/mol. The Hall–Kier alpha value is -1.40. The molecular formula is C15H22N2O3S. The van der Waals surface area contributed by atoms with Crippen LogP contribution in [0.4, 0.5) is 5.69 Å². The predicted octanol–water partition coefficient (Wildman–Crippen LogP) is 2.55. The number of hydrogen-bond acceptors (Lipinski definition) is 3. The van der Waals surface area contributed by atoms with Crippen LogP contribution < -0.4 is 10.5 Å². The highest BCUT2D eigenvalue weighted by atomic mass is 32.2. The smallest absolute Gasteiger partial charge is 0.238 e. The molecule has 1 fully saturated rings. The molecule has 1 amide bonds. The number of anilines is 1. The number of rotatable bonds is 3. The maximum Gasteiger partial charge on any atom is 0.238 e. The molecule has 1 aromatic rings. The zero-order chi connectivity index (χ0) is 15.5. The first-order chi connectivity index (χ1) is 9.88. The fourth-order valence-electron chi connectivity index (χ4n) is 2.77. The van der Waals surface area contributed by atoms with Gasteiger partial charge < -0.3 is 5.32 Å². The molecule has 0 radical (unpaired) electrons. The van der Waals surface area contributed by atoms with Crippen LogP contribution in [-0.4, -0.2) is 14.3 Å². The van der Waals surface area contributed by atoms with Crippen LogP contribution in [0.2, 0.25) is 0 Å². The second-order valence-electron chi connectivity index (χ2n) is 5.70. The second kappa shape index (κ2) is 6.58. The van der Waals surface area contributed by atoms with Crippen LogP contribution >= 0.6 is 0 Å². The zero-order valence-corrected chi connectivity index (χ0v) is 13.1. The maximum atomic E-state index is 12.3. The minimum absolute atomic E-state index is 0.0201. The Morgan fingerprint density at radius 3 is 2.38 bits per heavy atom. The third-order valence-electron chi connectivity index (χ3n) is 3.99. The lowest BCUT2D eigenvalue weighted by molar-refractivity contribution is -0.120. The van der Waals surface area contributed by atoms with Crippen LogP contribution in [0.1, 0.15) is 44.1 Å². The van der Waals surface area contributed by atoms with Gasteiger partial charge in [0.05, 0.1) is 4.90 Å². The van der Waals surface area contributed by atoms with Crippen molar-refractivity contribution in [3.05, 3.63) is 23.8 Å². The van der Waals surface area contributed by atoms with Crippen molar-refractivity contribution >= 4 is 21.6 Å². The number of carbonyl (C=O) groups is 1. The molecule has 0 bridgehead atoms. The van der Waals surface area contributed by atoms with E-state index in [2.05, 4.69) is 5.32 Å². The maximum absolute atomic E-state index is 12.3. The van der Waals surface area contributed by atoms with Gasteiger partial charge in [-0.2, -0.15) is 0 Å². The van der Waals surface area contributed by atoms with Gasteiger partial charge in [-0.15, -0.1) is 0 Å². The van der Waals surface area contributed by atoms with Gasteiger partial charge in [0.15, 0.2) is 0 Å². The van der Waals surface area contributed by atoms with Gasteiger partial charge in [-0.05, 0) is 37.5 Å². The van der Waals surface area contributed by atoms with E-state index in [1.165, 1.54) is 18.9 Å². The van der Waals surface area contributed by atoms with E-state index in [0.29, 0.717) is 11.3 Å². The highest BCUT2D eigenvalue weighted by Crippen LogP contribution is 2.25. The van der Waals surface area contributed by atoms with Crippen molar-refractivity contribution in [1.82, 2.24) is 0 Å². The lowest BCUT2D eigenvalue weighted by Crippen LogP contribution is -2.22. The van der Waals surface area contributed by atoms with Gasteiger partial charge in [0.1, 0.15) is 0 Å². The first-order valence-electron chi connectivity index (χ1n) is 7.32. The minimum Gasteiger partial charge on any atom is -0.326 e. The standard InChI is InChI=1S/C15H22N2O3S/c1-11-8-9-13(10-14(11)21(16,19)20)17-15(18)12-6-4-2-3-5-7-12/h8-10,12H,2-7H2,1H3,(H,17,18)(H2,16,19,20). The third kappa shape index (κ3) is 4.28. The molecule has 21 heavy (non-hydrogen) atoms. The number of benzene rings is 1. The Morgan fingerprint density at radius 1 is 1.19 bits per heavy atom. The van der Waals surface area contributed by atoms with Crippen LogP contribution in [0.15, 0.2) is 23.1 Å². The Balaban J connectivity index is 2.14. The van der Waals surface area contributed by atoms with E-state index in [1.807, 2.05) is 0 Å². The van der Waals surface area contributed by atoms with E-state index >= 15 is 0 Å². The summed E-state index contributed by atoms with van der Waals surface area (Å²) in [7, 11) is -3.77. The lowest BCUT2D eigenvalue weighted by Gasteiger charge is -2.15. The Labute approximate surface area is 126 Å². The average molecular weight is 310 g/mol. The van der Waals surface area contributed by atoms with Gasteiger partial charge in [0, 0.05) is 11.6 Å². The molecular weight excluding hydrogens is 288 g/mol. The molecule has 116 valence electrons. The van der Waals surface area contributed by atoms with Crippen molar-refractivity contribution in [2.45, 2.75) is 50.3 Å². The van der Waals surface area contributed by atoms with E-state index in [1.54, 1.807) is 19.1 Å². The fourth-order valence-corrected chi connectivity index (χ4v) is 3.58. The minimum atomic E-state index is -3.77. The Bertz CT molecular complexity index is 618. The molecule has 1 saturated carbocycles. The summed E-state index contributed by atoms with van der Waals surface area (Å²) in [6.07, 6.45) is 6.33. The van der Waals surface area contributed by atoms with E-state index in [4.69, 9.17) is 5.14 Å². The van der Waals surface area contributed by atoms with Crippen molar-refractivity contribution in [3.63, 3.8) is 0 Å². The summed E-state index contributed by atoms with van der Waals surface area (Å²) in [4.78, 5) is 12.3. The normalized spacial score (nSPS) is 17.2. The largest absolute Gasteiger partial charge is 0.326 e. The van der Waals surface area contributed by atoms with E-state index < -0.39 is 10.0 Å². The number of carbonyl (C=O) groups excluding carboxylic acids is 1. The second-order valence-corrected chi connectivity index (χ2v) is 7.23. The van der Waals surface area contributed by atoms with Crippen molar-refractivity contribution in [2.24, 2.45) is 11.1 Å². The zero-order valence-electron chi connectivity index (χ0n) is 12.3. The van der Waals surface area contributed by atoms with Crippen molar-refractivity contribution in [1.29, 1.82) is 0 Å². The first kappa shape index (κ1) is 16.0. The van der Waals surface area contributed by atoms with Crippen molar-refractivity contribution in [3.8, 4) is 0 Å². The molecule has 0 heterocycles. The van der Waals surface area contributed by atoms with Crippen molar-refractivity contribution < 1.29 is 13.2 Å². The number of amides is 1.